The predicted molar refractivity (Wildman–Crippen MR) is 99.1 cm³/mol. The summed E-state index contributed by atoms with van der Waals surface area (Å²) >= 11 is 5.89. The smallest absolute Gasteiger partial charge is 0.267 e. The van der Waals surface area contributed by atoms with Crippen LogP contribution in [0.5, 0.6) is 0 Å². The quantitative estimate of drug-likeness (QED) is 0.543. The number of aromatic nitrogens is 1. The van der Waals surface area contributed by atoms with Gasteiger partial charge in [-0.2, -0.15) is 5.26 Å². The third-order valence-corrected chi connectivity index (χ3v) is 3.69. The Kier molecular flexibility index (Phi) is 4.93. The van der Waals surface area contributed by atoms with Gasteiger partial charge in [-0.05, 0) is 30.3 Å². The number of halogens is 1. The largest absolute Gasteiger partial charge is 0.358 e. The molecule has 0 spiro atoms. The van der Waals surface area contributed by atoms with Gasteiger partial charge in [-0.3, -0.25) is 9.78 Å². The summed E-state index contributed by atoms with van der Waals surface area (Å²) in [6.45, 7) is 0. The first kappa shape index (κ1) is 16.5. The zero-order chi connectivity index (χ0) is 17.6. The second-order valence-electron chi connectivity index (χ2n) is 5.16. The molecule has 0 unspecified atom stereocenters. The number of carbonyl (C=O) groups is 1. The number of hydrogen-bond donors (Lipinski definition) is 2. The van der Waals surface area contributed by atoms with Gasteiger partial charge in [0.25, 0.3) is 5.91 Å². The van der Waals surface area contributed by atoms with Crippen LogP contribution in [-0.4, -0.2) is 10.9 Å². The lowest BCUT2D eigenvalue weighted by Crippen LogP contribution is -2.14. The Morgan fingerprint density at radius 1 is 1.16 bits per heavy atom. The van der Waals surface area contributed by atoms with Crippen molar-refractivity contribution in [2.45, 2.75) is 0 Å². The van der Waals surface area contributed by atoms with Crippen LogP contribution in [0.3, 0.4) is 0 Å². The average molecular weight is 349 g/mol. The molecule has 1 aromatic heterocycles. The van der Waals surface area contributed by atoms with Crippen LogP contribution in [0.1, 0.15) is 0 Å². The molecule has 2 N–H and O–H groups in total. The number of nitrogens with one attached hydrogen (secondary N) is 2. The molecule has 3 aromatic rings. The van der Waals surface area contributed by atoms with E-state index in [0.29, 0.717) is 16.4 Å². The molecule has 0 radical (unpaired) electrons. The Labute approximate surface area is 149 Å². The molecule has 6 heteroatoms. The van der Waals surface area contributed by atoms with E-state index >= 15 is 0 Å². The molecule has 0 fully saturated rings. The first-order valence-electron chi connectivity index (χ1n) is 7.45. The highest BCUT2D eigenvalue weighted by molar-refractivity contribution is 6.31. The first-order chi connectivity index (χ1) is 12.2. The topological polar surface area (TPSA) is 77.8 Å². The lowest BCUT2D eigenvalue weighted by atomic mass is 10.2. The number of nitrogens with zero attached hydrogens (tertiary/aromatic N) is 2. The van der Waals surface area contributed by atoms with Crippen molar-refractivity contribution in [1.29, 1.82) is 5.26 Å². The SMILES string of the molecule is N#C/C(=C/Nc1cccc2cccnc12)C(=O)Nc1cccc(Cl)c1. The molecule has 3 rings (SSSR count). The summed E-state index contributed by atoms with van der Waals surface area (Å²) in [5.41, 5.74) is 1.92. The van der Waals surface area contributed by atoms with Crippen LogP contribution >= 0.6 is 11.6 Å². The number of benzene rings is 2. The zero-order valence-corrected chi connectivity index (χ0v) is 13.8. The van der Waals surface area contributed by atoms with Gasteiger partial charge in [-0.25, -0.2) is 0 Å². The molecule has 0 atom stereocenters. The number of rotatable bonds is 4. The number of amides is 1. The van der Waals surface area contributed by atoms with E-state index in [1.165, 1.54) is 6.20 Å². The average Bonchev–Trinajstić information content (AvgIpc) is 2.62. The maximum Gasteiger partial charge on any atom is 0.267 e. The Bertz CT molecular complexity index is 1000. The number of pyridine rings is 1. The normalized spacial score (nSPS) is 11.0. The number of anilines is 2. The standard InChI is InChI=1S/C19H13ClN4O/c20-15-6-2-7-16(10-15)24-19(25)14(11-21)12-23-17-8-1-4-13-5-3-9-22-18(13)17/h1-10,12,23H,(H,24,25)/b14-12-. The van der Waals surface area contributed by atoms with Crippen molar-refractivity contribution in [2.24, 2.45) is 0 Å². The van der Waals surface area contributed by atoms with Crippen molar-refractivity contribution in [3.63, 3.8) is 0 Å². The number of hydrogen-bond acceptors (Lipinski definition) is 4. The van der Waals surface area contributed by atoms with Gasteiger partial charge >= 0.3 is 0 Å². The van der Waals surface area contributed by atoms with Gasteiger partial charge < -0.3 is 10.6 Å². The maximum atomic E-state index is 12.2. The van der Waals surface area contributed by atoms with E-state index in [2.05, 4.69) is 15.6 Å². The number of carbonyl (C=O) groups excluding carboxylic acids is 1. The summed E-state index contributed by atoms with van der Waals surface area (Å²) in [5.74, 6) is -0.523. The third-order valence-electron chi connectivity index (χ3n) is 3.45. The lowest BCUT2D eigenvalue weighted by Gasteiger charge is -2.07. The van der Waals surface area contributed by atoms with Crippen LogP contribution in [0.25, 0.3) is 10.9 Å². The van der Waals surface area contributed by atoms with Crippen molar-refractivity contribution in [2.75, 3.05) is 10.6 Å². The van der Waals surface area contributed by atoms with Gasteiger partial charge in [0.05, 0.1) is 11.2 Å². The van der Waals surface area contributed by atoms with E-state index in [-0.39, 0.29) is 5.57 Å². The fourth-order valence-electron chi connectivity index (χ4n) is 2.28. The summed E-state index contributed by atoms with van der Waals surface area (Å²) < 4.78 is 0. The molecule has 0 aliphatic heterocycles. The number of nitriles is 1. The summed E-state index contributed by atoms with van der Waals surface area (Å²) in [5, 5.41) is 16.3. The molecule has 1 amide bonds. The Morgan fingerprint density at radius 2 is 1.96 bits per heavy atom. The van der Waals surface area contributed by atoms with Crippen molar-refractivity contribution >= 4 is 39.8 Å². The van der Waals surface area contributed by atoms with Gasteiger partial charge in [0, 0.05) is 28.5 Å². The predicted octanol–water partition coefficient (Wildman–Crippen LogP) is 4.35. The summed E-state index contributed by atoms with van der Waals surface area (Å²) in [7, 11) is 0. The van der Waals surface area contributed by atoms with Crippen molar-refractivity contribution in [1.82, 2.24) is 4.98 Å². The Balaban J connectivity index is 1.80. The fourth-order valence-corrected chi connectivity index (χ4v) is 2.47. The molecule has 25 heavy (non-hydrogen) atoms. The molecule has 122 valence electrons. The van der Waals surface area contributed by atoms with Gasteiger partial charge in [0.2, 0.25) is 0 Å². The van der Waals surface area contributed by atoms with Crippen molar-refractivity contribution in [3.8, 4) is 6.07 Å². The molecule has 5 nitrogen and oxygen atoms in total. The highest BCUT2D eigenvalue weighted by Crippen LogP contribution is 2.21. The van der Waals surface area contributed by atoms with Crippen molar-refractivity contribution < 1.29 is 4.79 Å². The van der Waals surface area contributed by atoms with E-state index < -0.39 is 5.91 Å². The molecule has 0 aliphatic rings. The van der Waals surface area contributed by atoms with Gasteiger partial charge in [0.1, 0.15) is 11.6 Å². The molecule has 0 bridgehead atoms. The number of para-hydroxylation sites is 1. The molecular formula is C19H13ClN4O. The third kappa shape index (κ3) is 3.94. The van der Waals surface area contributed by atoms with Crippen LogP contribution in [0.2, 0.25) is 5.02 Å². The lowest BCUT2D eigenvalue weighted by molar-refractivity contribution is -0.112. The van der Waals surface area contributed by atoms with Crippen molar-refractivity contribution in [3.05, 3.63) is 77.6 Å². The summed E-state index contributed by atoms with van der Waals surface area (Å²) in [4.78, 5) is 16.6. The highest BCUT2D eigenvalue weighted by atomic mass is 35.5. The minimum absolute atomic E-state index is 0.0621. The maximum absolute atomic E-state index is 12.2. The van der Waals surface area contributed by atoms with E-state index in [9.17, 15) is 10.1 Å². The minimum atomic E-state index is -0.523. The van der Waals surface area contributed by atoms with E-state index in [0.717, 1.165) is 10.9 Å². The molecule has 0 saturated heterocycles. The Hall–Kier alpha value is -3.36. The minimum Gasteiger partial charge on any atom is -0.358 e. The van der Waals surface area contributed by atoms with E-state index in [4.69, 9.17) is 11.6 Å². The highest BCUT2D eigenvalue weighted by Gasteiger charge is 2.10. The molecular weight excluding hydrogens is 336 g/mol. The monoisotopic (exact) mass is 348 g/mol. The molecule has 1 heterocycles. The van der Waals surface area contributed by atoms with Crippen LogP contribution in [0, 0.1) is 11.3 Å². The summed E-state index contributed by atoms with van der Waals surface area (Å²) in [6, 6.07) is 18.0. The summed E-state index contributed by atoms with van der Waals surface area (Å²) in [6.07, 6.45) is 3.05. The van der Waals surface area contributed by atoms with Gasteiger partial charge in [-0.1, -0.05) is 35.9 Å². The fraction of sp³-hybridized carbons (Fsp3) is 0. The molecule has 0 saturated carbocycles. The second kappa shape index (κ2) is 7.47. The van der Waals surface area contributed by atoms with E-state index in [1.54, 1.807) is 30.5 Å². The van der Waals surface area contributed by atoms with Crippen LogP contribution < -0.4 is 10.6 Å². The zero-order valence-electron chi connectivity index (χ0n) is 13.0. The molecule has 2 aromatic carbocycles. The number of fused-ring (bicyclic) bond motifs is 1. The van der Waals surface area contributed by atoms with Gasteiger partial charge in [-0.15, -0.1) is 0 Å². The van der Waals surface area contributed by atoms with E-state index in [1.807, 2.05) is 36.4 Å². The molecule has 0 aliphatic carbocycles. The van der Waals surface area contributed by atoms with Crippen LogP contribution in [-0.2, 0) is 4.79 Å². The second-order valence-corrected chi connectivity index (χ2v) is 5.60. The van der Waals surface area contributed by atoms with Crippen LogP contribution in [0.4, 0.5) is 11.4 Å². The first-order valence-corrected chi connectivity index (χ1v) is 7.82. The Morgan fingerprint density at radius 3 is 2.76 bits per heavy atom. The van der Waals surface area contributed by atoms with Gasteiger partial charge in [0.15, 0.2) is 0 Å². The van der Waals surface area contributed by atoms with Crippen LogP contribution in [0.15, 0.2) is 72.6 Å².